The predicted molar refractivity (Wildman–Crippen MR) is 100 cm³/mol. The fourth-order valence-electron chi connectivity index (χ4n) is 2.54. The van der Waals surface area contributed by atoms with Gasteiger partial charge in [-0.15, -0.1) is 0 Å². The Bertz CT molecular complexity index is 923. The second-order valence-electron chi connectivity index (χ2n) is 7.12. The molecule has 29 heavy (non-hydrogen) atoms. The minimum Gasteiger partial charge on any atom is -0.459 e. The van der Waals surface area contributed by atoms with Crippen LogP contribution in [0.2, 0.25) is 5.02 Å². The number of benzene rings is 2. The number of alkyl halides is 3. The summed E-state index contributed by atoms with van der Waals surface area (Å²) < 4.78 is 59.5. The number of nitrogens with zero attached hydrogens (tertiary/aromatic N) is 1. The van der Waals surface area contributed by atoms with Gasteiger partial charge in [0.2, 0.25) is 0 Å². The van der Waals surface area contributed by atoms with Crippen molar-refractivity contribution >= 4 is 29.2 Å². The van der Waals surface area contributed by atoms with Crippen molar-refractivity contribution < 1.29 is 31.9 Å². The number of ether oxygens (including phenoxy) is 1. The Kier molecular flexibility index (Phi) is 6.57. The normalized spacial score (nSPS) is 11.9. The van der Waals surface area contributed by atoms with Gasteiger partial charge in [-0.05, 0) is 51.1 Å². The zero-order chi connectivity index (χ0) is 22.0. The summed E-state index contributed by atoms with van der Waals surface area (Å²) in [5.41, 5.74) is -3.51. The SMILES string of the molecule is CC(C)(C)OC(=O)CN(C(=O)c1c(F)cccc1C(F)(F)F)c1cccc(Cl)c1. The van der Waals surface area contributed by atoms with Crippen LogP contribution in [0, 0.1) is 5.82 Å². The lowest BCUT2D eigenvalue weighted by atomic mass is 10.0. The molecule has 0 N–H and O–H groups in total. The number of amides is 1. The molecule has 4 nitrogen and oxygen atoms in total. The molecule has 0 heterocycles. The number of carbonyl (C=O) groups excluding carboxylic acids is 2. The van der Waals surface area contributed by atoms with E-state index < -0.39 is 47.1 Å². The molecule has 0 aliphatic rings. The van der Waals surface area contributed by atoms with E-state index in [0.29, 0.717) is 11.0 Å². The Morgan fingerprint density at radius 1 is 1.07 bits per heavy atom. The number of rotatable bonds is 4. The first-order valence-corrected chi connectivity index (χ1v) is 8.82. The minimum atomic E-state index is -4.97. The highest BCUT2D eigenvalue weighted by Crippen LogP contribution is 2.34. The molecule has 0 spiro atoms. The first-order chi connectivity index (χ1) is 13.3. The van der Waals surface area contributed by atoms with Gasteiger partial charge in [0, 0.05) is 10.7 Å². The maximum Gasteiger partial charge on any atom is 0.417 e. The van der Waals surface area contributed by atoms with Crippen LogP contribution in [0.3, 0.4) is 0 Å². The molecule has 1 amide bonds. The third-order valence-corrected chi connectivity index (χ3v) is 3.84. The number of hydrogen-bond donors (Lipinski definition) is 0. The summed E-state index contributed by atoms with van der Waals surface area (Å²) in [6, 6.07) is 7.75. The van der Waals surface area contributed by atoms with Gasteiger partial charge < -0.3 is 4.74 Å². The van der Waals surface area contributed by atoms with E-state index in [-0.39, 0.29) is 10.7 Å². The number of anilines is 1. The molecular weight excluding hydrogens is 414 g/mol. The second-order valence-corrected chi connectivity index (χ2v) is 7.55. The van der Waals surface area contributed by atoms with Crippen LogP contribution in [0.15, 0.2) is 42.5 Å². The molecule has 0 atom stereocenters. The van der Waals surface area contributed by atoms with E-state index in [1.165, 1.54) is 24.3 Å². The van der Waals surface area contributed by atoms with Crippen LogP contribution in [0.1, 0.15) is 36.7 Å². The lowest BCUT2D eigenvalue weighted by molar-refractivity contribution is -0.152. The van der Waals surface area contributed by atoms with E-state index in [1.807, 2.05) is 0 Å². The molecule has 0 aromatic heterocycles. The average molecular weight is 432 g/mol. The van der Waals surface area contributed by atoms with E-state index in [4.69, 9.17) is 16.3 Å². The highest BCUT2D eigenvalue weighted by atomic mass is 35.5. The molecule has 0 radical (unpaired) electrons. The maximum absolute atomic E-state index is 14.3. The standard InChI is InChI=1S/C20H18ClF4NO3/c1-19(2,3)29-16(27)11-26(13-7-4-6-12(21)10-13)18(28)17-14(20(23,24)25)8-5-9-15(17)22/h4-10H,11H2,1-3H3. The Labute approximate surface area is 170 Å². The molecular formula is C20H18ClF4NO3. The highest BCUT2D eigenvalue weighted by Gasteiger charge is 2.38. The van der Waals surface area contributed by atoms with Crippen LogP contribution in [-0.2, 0) is 15.7 Å². The molecule has 0 saturated heterocycles. The molecule has 9 heteroatoms. The first-order valence-electron chi connectivity index (χ1n) is 8.44. The topological polar surface area (TPSA) is 46.6 Å². The molecule has 0 saturated carbocycles. The largest absolute Gasteiger partial charge is 0.459 e. The summed E-state index contributed by atoms with van der Waals surface area (Å²) in [6.45, 7) is 4.04. The van der Waals surface area contributed by atoms with Gasteiger partial charge in [-0.3, -0.25) is 14.5 Å². The lowest BCUT2D eigenvalue weighted by Crippen LogP contribution is -2.40. The smallest absolute Gasteiger partial charge is 0.417 e. The van der Waals surface area contributed by atoms with Crippen LogP contribution < -0.4 is 4.90 Å². The first kappa shape index (κ1) is 22.7. The van der Waals surface area contributed by atoms with Crippen LogP contribution in [0.4, 0.5) is 23.2 Å². The van der Waals surface area contributed by atoms with Crippen LogP contribution >= 0.6 is 11.6 Å². The van der Waals surface area contributed by atoms with Crippen molar-refractivity contribution in [2.24, 2.45) is 0 Å². The monoisotopic (exact) mass is 431 g/mol. The van der Waals surface area contributed by atoms with E-state index in [2.05, 4.69) is 0 Å². The minimum absolute atomic E-state index is 0.0183. The molecule has 0 aliphatic heterocycles. The van der Waals surface area contributed by atoms with E-state index >= 15 is 0 Å². The van der Waals surface area contributed by atoms with Gasteiger partial charge >= 0.3 is 12.1 Å². The molecule has 2 aromatic rings. The Hall–Kier alpha value is -2.61. The third kappa shape index (κ3) is 5.93. The fraction of sp³-hybridized carbons (Fsp3) is 0.300. The highest BCUT2D eigenvalue weighted by molar-refractivity contribution is 6.31. The molecule has 2 aromatic carbocycles. The molecule has 0 bridgehead atoms. The molecule has 156 valence electrons. The molecule has 0 fully saturated rings. The summed E-state index contributed by atoms with van der Waals surface area (Å²) >= 11 is 5.91. The van der Waals surface area contributed by atoms with Crippen molar-refractivity contribution in [3.8, 4) is 0 Å². The zero-order valence-corrected chi connectivity index (χ0v) is 16.6. The van der Waals surface area contributed by atoms with Gasteiger partial charge in [-0.2, -0.15) is 13.2 Å². The van der Waals surface area contributed by atoms with E-state index in [0.717, 1.165) is 12.1 Å². The van der Waals surface area contributed by atoms with Crippen molar-refractivity contribution in [1.29, 1.82) is 0 Å². The van der Waals surface area contributed by atoms with Crippen molar-refractivity contribution in [1.82, 2.24) is 0 Å². The van der Waals surface area contributed by atoms with Crippen molar-refractivity contribution in [3.05, 3.63) is 64.4 Å². The van der Waals surface area contributed by atoms with Gasteiger partial charge in [0.15, 0.2) is 0 Å². The van der Waals surface area contributed by atoms with Gasteiger partial charge in [-0.1, -0.05) is 23.7 Å². The van der Waals surface area contributed by atoms with Gasteiger partial charge in [0.25, 0.3) is 5.91 Å². The summed E-state index contributed by atoms with van der Waals surface area (Å²) in [4.78, 5) is 25.9. The van der Waals surface area contributed by atoms with E-state index in [1.54, 1.807) is 20.8 Å². The Morgan fingerprint density at radius 3 is 2.24 bits per heavy atom. The summed E-state index contributed by atoms with van der Waals surface area (Å²) in [5, 5.41) is 0.175. The van der Waals surface area contributed by atoms with Crippen LogP contribution in [0.5, 0.6) is 0 Å². The number of hydrogen-bond acceptors (Lipinski definition) is 3. The number of esters is 1. The van der Waals surface area contributed by atoms with Crippen molar-refractivity contribution in [2.45, 2.75) is 32.5 Å². The Balaban J connectivity index is 2.55. The van der Waals surface area contributed by atoms with Gasteiger partial charge in [0.05, 0.1) is 11.1 Å². The van der Waals surface area contributed by atoms with E-state index in [9.17, 15) is 27.2 Å². The van der Waals surface area contributed by atoms with Crippen LogP contribution in [0.25, 0.3) is 0 Å². The van der Waals surface area contributed by atoms with Crippen LogP contribution in [-0.4, -0.2) is 24.0 Å². The predicted octanol–water partition coefficient (Wildman–Crippen LogP) is 5.49. The fourth-order valence-corrected chi connectivity index (χ4v) is 2.72. The van der Waals surface area contributed by atoms with Gasteiger partial charge in [-0.25, -0.2) is 4.39 Å². The summed E-state index contributed by atoms with van der Waals surface area (Å²) in [6.07, 6.45) is -4.97. The quantitative estimate of drug-likeness (QED) is 0.475. The average Bonchev–Trinajstić information content (AvgIpc) is 2.56. The van der Waals surface area contributed by atoms with Crippen molar-refractivity contribution in [2.75, 3.05) is 11.4 Å². The van der Waals surface area contributed by atoms with Gasteiger partial charge in [0.1, 0.15) is 18.0 Å². The third-order valence-electron chi connectivity index (χ3n) is 3.61. The maximum atomic E-state index is 14.3. The Morgan fingerprint density at radius 2 is 1.69 bits per heavy atom. The van der Waals surface area contributed by atoms with Crippen molar-refractivity contribution in [3.63, 3.8) is 0 Å². The lowest BCUT2D eigenvalue weighted by Gasteiger charge is -2.26. The summed E-state index contributed by atoms with van der Waals surface area (Å²) in [7, 11) is 0. The summed E-state index contributed by atoms with van der Waals surface area (Å²) in [5.74, 6) is -3.58. The molecule has 0 unspecified atom stereocenters. The zero-order valence-electron chi connectivity index (χ0n) is 15.8. The number of carbonyl (C=O) groups is 2. The molecule has 0 aliphatic carbocycles. The molecule has 2 rings (SSSR count). The second kappa shape index (κ2) is 8.41. The number of halogens is 5.